The van der Waals surface area contributed by atoms with Crippen LogP contribution in [0, 0.1) is 0 Å². The van der Waals surface area contributed by atoms with Gasteiger partial charge in [-0.1, -0.05) is 22.3 Å². The average molecular weight is 147 g/mol. The van der Waals surface area contributed by atoms with Gasteiger partial charge in [-0.15, -0.1) is 23.2 Å². The molecule has 0 aliphatic carbocycles. The smallest absolute Gasteiger partial charge is 0.105 e. The fourth-order valence-electron chi connectivity index (χ4n) is 0. The first-order valence-electron chi connectivity index (χ1n) is 1.01. The molecule has 0 unspecified atom stereocenters. The first-order valence-corrected chi connectivity index (χ1v) is 1.89. The third-order valence-corrected chi connectivity index (χ3v) is 0. The second-order valence-corrected chi connectivity index (χ2v) is 2.05. The lowest BCUT2D eigenvalue weighted by atomic mass is 11.0. The molecule has 0 aromatic carbocycles. The normalized spacial score (nSPS) is 5.14. The molecule has 0 aliphatic rings. The summed E-state index contributed by atoms with van der Waals surface area (Å²) in [5.41, 5.74) is 0. The lowest BCUT2D eigenvalue weighted by Crippen LogP contribution is -1.63. The number of alkyl halides is 2. The van der Waals surface area contributed by atoms with Crippen LogP contribution in [0.2, 0.25) is 0 Å². The van der Waals surface area contributed by atoms with Crippen LogP contribution in [0.25, 0.3) is 0 Å². The summed E-state index contributed by atoms with van der Waals surface area (Å²) in [4.78, 5) is -0.222. The number of halogens is 2. The van der Waals surface area contributed by atoms with E-state index in [2.05, 4.69) is 0 Å². The van der Waals surface area contributed by atoms with Crippen molar-refractivity contribution in [1.82, 2.24) is 0 Å². The zero-order chi connectivity index (χ0) is 3.58. The quantitative estimate of drug-likeness (QED) is 0.458. The van der Waals surface area contributed by atoms with E-state index >= 15 is 0 Å². The Labute approximate surface area is 57.8 Å². The Hall–Kier alpha value is 0.580. The summed E-state index contributed by atoms with van der Waals surface area (Å²) >= 11 is 10.1. The molecule has 0 nitrogen and oxygen atoms in total. The van der Waals surface area contributed by atoms with Gasteiger partial charge in [-0.25, -0.2) is 0 Å². The molecule has 0 spiro atoms. The van der Waals surface area contributed by atoms with E-state index < -0.39 is 0 Å². The molecule has 50 valence electrons. The molecular formula is C5H16Cl2. The fourth-order valence-corrected chi connectivity index (χ4v) is 0. The fraction of sp³-hybridized carbons (Fsp3) is 1.00. The van der Waals surface area contributed by atoms with Crippen molar-refractivity contribution in [2.24, 2.45) is 0 Å². The van der Waals surface area contributed by atoms with Crippen molar-refractivity contribution in [1.29, 1.82) is 0 Å². The Morgan fingerprint density at radius 1 is 1.00 bits per heavy atom. The van der Waals surface area contributed by atoms with Gasteiger partial charge < -0.3 is 0 Å². The van der Waals surface area contributed by atoms with Gasteiger partial charge in [-0.2, -0.15) is 0 Å². The molecule has 0 saturated carbocycles. The van der Waals surface area contributed by atoms with E-state index in [1.807, 2.05) is 0 Å². The Kier molecular flexibility index (Phi) is 58.5. The molecule has 2 heteroatoms. The van der Waals surface area contributed by atoms with Crippen LogP contribution >= 0.6 is 23.2 Å². The number of hydrogen-bond acceptors (Lipinski definition) is 0. The Morgan fingerprint density at radius 2 is 1.00 bits per heavy atom. The maximum Gasteiger partial charge on any atom is 0.105 e. The van der Waals surface area contributed by atoms with Crippen LogP contribution in [0.3, 0.4) is 0 Å². The molecule has 0 aromatic heterocycles. The molecule has 0 aliphatic heterocycles. The van der Waals surface area contributed by atoms with E-state index in [0.29, 0.717) is 0 Å². The zero-order valence-electron chi connectivity index (χ0n) is 2.33. The van der Waals surface area contributed by atoms with Crippen molar-refractivity contribution >= 4 is 23.2 Å². The minimum atomic E-state index is -0.222. The monoisotopic (exact) mass is 146 g/mol. The summed E-state index contributed by atoms with van der Waals surface area (Å²) in [6.07, 6.45) is 0. The van der Waals surface area contributed by atoms with Crippen molar-refractivity contribution in [2.45, 2.75) is 34.0 Å². The SMILES string of the molecule is C.C.C.CC(Cl)Cl. The summed E-state index contributed by atoms with van der Waals surface area (Å²) < 4.78 is 0. The molecule has 0 fully saturated rings. The van der Waals surface area contributed by atoms with Crippen LogP contribution in [0.4, 0.5) is 0 Å². The molecule has 0 aromatic rings. The van der Waals surface area contributed by atoms with Crippen LogP contribution in [0.15, 0.2) is 0 Å². The van der Waals surface area contributed by atoms with Gasteiger partial charge >= 0.3 is 0 Å². The Bertz CT molecular complexity index is 10.8. The summed E-state index contributed by atoms with van der Waals surface area (Å²) in [5, 5.41) is 0. The third-order valence-electron chi connectivity index (χ3n) is 0. The predicted octanol–water partition coefficient (Wildman–Crippen LogP) is 3.72. The van der Waals surface area contributed by atoms with Crippen molar-refractivity contribution in [3.8, 4) is 0 Å². The highest BCUT2D eigenvalue weighted by atomic mass is 35.5. The van der Waals surface area contributed by atoms with Crippen molar-refractivity contribution < 1.29 is 0 Å². The molecule has 0 N–H and O–H groups in total. The van der Waals surface area contributed by atoms with Crippen LogP contribution in [-0.2, 0) is 0 Å². The highest BCUT2D eigenvalue weighted by Gasteiger charge is 1.75. The second-order valence-electron chi connectivity index (χ2n) is 0.519. The molecular weight excluding hydrogens is 131 g/mol. The minimum absolute atomic E-state index is 0. The topological polar surface area (TPSA) is 0 Å². The van der Waals surface area contributed by atoms with E-state index in [9.17, 15) is 0 Å². The molecule has 0 bridgehead atoms. The Morgan fingerprint density at radius 3 is 1.00 bits per heavy atom. The predicted molar refractivity (Wildman–Crippen MR) is 41.4 cm³/mol. The van der Waals surface area contributed by atoms with E-state index in [4.69, 9.17) is 23.2 Å². The summed E-state index contributed by atoms with van der Waals surface area (Å²) in [6, 6.07) is 0. The zero-order valence-corrected chi connectivity index (χ0v) is 3.85. The standard InChI is InChI=1S/C2H4Cl2.3CH4/c1-2(3)4;;;/h2H,1H3;3*1H4. The lowest BCUT2D eigenvalue weighted by molar-refractivity contribution is 1.39. The minimum Gasteiger partial charge on any atom is -0.106 e. The summed E-state index contributed by atoms with van der Waals surface area (Å²) in [6.45, 7) is 1.70. The molecule has 0 rings (SSSR count). The average Bonchev–Trinajstić information content (AvgIpc) is 0.811. The molecule has 0 saturated heterocycles. The molecule has 0 atom stereocenters. The maximum absolute atomic E-state index is 5.04. The Balaban J connectivity index is -0.0000000150. The summed E-state index contributed by atoms with van der Waals surface area (Å²) in [5.74, 6) is 0. The van der Waals surface area contributed by atoms with Gasteiger partial charge in [-0.05, 0) is 6.92 Å². The lowest BCUT2D eigenvalue weighted by Gasteiger charge is -1.72. The van der Waals surface area contributed by atoms with E-state index in [1.54, 1.807) is 6.92 Å². The largest absolute Gasteiger partial charge is 0.106 e. The van der Waals surface area contributed by atoms with Crippen molar-refractivity contribution in [3.63, 3.8) is 0 Å². The third kappa shape index (κ3) is 410. The van der Waals surface area contributed by atoms with Gasteiger partial charge in [0, 0.05) is 0 Å². The van der Waals surface area contributed by atoms with Crippen LogP contribution in [-0.4, -0.2) is 4.84 Å². The van der Waals surface area contributed by atoms with E-state index in [-0.39, 0.29) is 27.1 Å². The van der Waals surface area contributed by atoms with Gasteiger partial charge in [0.2, 0.25) is 0 Å². The number of rotatable bonds is 0. The molecule has 7 heavy (non-hydrogen) atoms. The van der Waals surface area contributed by atoms with Crippen LogP contribution in [0.5, 0.6) is 0 Å². The van der Waals surface area contributed by atoms with Crippen LogP contribution in [0.1, 0.15) is 29.2 Å². The second kappa shape index (κ2) is 16.0. The van der Waals surface area contributed by atoms with E-state index in [1.165, 1.54) is 0 Å². The highest BCUT2D eigenvalue weighted by Crippen LogP contribution is 1.95. The van der Waals surface area contributed by atoms with Crippen molar-refractivity contribution in [2.75, 3.05) is 0 Å². The van der Waals surface area contributed by atoms with Gasteiger partial charge in [0.25, 0.3) is 0 Å². The van der Waals surface area contributed by atoms with Crippen molar-refractivity contribution in [3.05, 3.63) is 0 Å². The highest BCUT2D eigenvalue weighted by molar-refractivity contribution is 6.43. The first-order chi connectivity index (χ1) is 1.73. The van der Waals surface area contributed by atoms with Gasteiger partial charge in [0.1, 0.15) is 4.84 Å². The van der Waals surface area contributed by atoms with Crippen LogP contribution < -0.4 is 0 Å². The maximum atomic E-state index is 5.04. The first kappa shape index (κ1) is 25.6. The molecule has 0 radical (unpaired) electrons. The number of hydrogen-bond donors (Lipinski definition) is 0. The van der Waals surface area contributed by atoms with Gasteiger partial charge in [-0.3, -0.25) is 0 Å². The molecule has 0 heterocycles. The molecule has 0 amide bonds. The summed E-state index contributed by atoms with van der Waals surface area (Å²) in [7, 11) is 0. The van der Waals surface area contributed by atoms with Gasteiger partial charge in [0.15, 0.2) is 0 Å². The van der Waals surface area contributed by atoms with Gasteiger partial charge in [0.05, 0.1) is 0 Å². The van der Waals surface area contributed by atoms with E-state index in [0.717, 1.165) is 0 Å².